The highest BCUT2D eigenvalue weighted by Gasteiger charge is 2.27. The summed E-state index contributed by atoms with van der Waals surface area (Å²) in [7, 11) is 0. The molecule has 0 atom stereocenters. The first kappa shape index (κ1) is 24.6. The summed E-state index contributed by atoms with van der Waals surface area (Å²) >= 11 is 1.17. The number of hydrogen-bond donors (Lipinski definition) is 3. The molecule has 3 N–H and O–H groups in total. The number of ether oxygens (including phenoxy) is 1. The quantitative estimate of drug-likeness (QED) is 0.397. The number of hydrogen-bond acceptors (Lipinski definition) is 5. The highest BCUT2D eigenvalue weighted by molar-refractivity contribution is 7.20. The lowest BCUT2D eigenvalue weighted by Gasteiger charge is -2.26. The van der Waals surface area contributed by atoms with Crippen molar-refractivity contribution in [2.75, 3.05) is 13.1 Å². The van der Waals surface area contributed by atoms with Gasteiger partial charge in [0.2, 0.25) is 0 Å². The fourth-order valence-electron chi connectivity index (χ4n) is 4.02. The molecule has 1 aliphatic carbocycles. The van der Waals surface area contributed by atoms with E-state index in [2.05, 4.69) is 10.6 Å². The Morgan fingerprint density at radius 1 is 0.943 bits per heavy atom. The highest BCUT2D eigenvalue weighted by Crippen LogP contribution is 2.29. The van der Waals surface area contributed by atoms with E-state index in [1.807, 2.05) is 0 Å². The Balaban J connectivity index is 1.23. The van der Waals surface area contributed by atoms with Crippen LogP contribution < -0.4 is 15.4 Å². The number of carbonyl (C=O) groups is 3. The maximum atomic E-state index is 14.5. The molecule has 1 heterocycles. The van der Waals surface area contributed by atoms with Gasteiger partial charge in [-0.2, -0.15) is 0 Å². The fourth-order valence-corrected chi connectivity index (χ4v) is 5.03. The number of carboxylic acids is 1. The van der Waals surface area contributed by atoms with Crippen LogP contribution in [0.5, 0.6) is 5.75 Å². The molecule has 1 saturated carbocycles. The summed E-state index contributed by atoms with van der Waals surface area (Å²) in [6.45, 7) is 0.226. The van der Waals surface area contributed by atoms with Gasteiger partial charge in [-0.3, -0.25) is 14.4 Å². The molecule has 0 aliphatic heterocycles. The van der Waals surface area contributed by atoms with Gasteiger partial charge in [0.15, 0.2) is 0 Å². The molecule has 0 unspecified atom stereocenters. The van der Waals surface area contributed by atoms with Crippen molar-refractivity contribution in [2.24, 2.45) is 5.92 Å². The van der Waals surface area contributed by atoms with Gasteiger partial charge in [-0.1, -0.05) is 6.07 Å². The van der Waals surface area contributed by atoms with E-state index in [1.165, 1.54) is 35.6 Å². The van der Waals surface area contributed by atoms with Crippen molar-refractivity contribution in [1.82, 2.24) is 10.6 Å². The minimum atomic E-state index is -0.804. The Bertz CT molecular complexity index is 1250. The van der Waals surface area contributed by atoms with Gasteiger partial charge >= 0.3 is 5.97 Å². The molecule has 0 spiro atoms. The number of aliphatic carboxylic acids is 1. The topological polar surface area (TPSA) is 105 Å². The number of nitrogens with one attached hydrogen (secondary N) is 2. The molecule has 184 valence electrons. The molecule has 1 fully saturated rings. The Morgan fingerprint density at radius 3 is 2.34 bits per heavy atom. The number of benzene rings is 2. The van der Waals surface area contributed by atoms with Crippen molar-refractivity contribution in [1.29, 1.82) is 0 Å². The second kappa shape index (κ2) is 10.8. The summed E-state index contributed by atoms with van der Waals surface area (Å²) in [4.78, 5) is 36.1. The third kappa shape index (κ3) is 6.13. The summed E-state index contributed by atoms with van der Waals surface area (Å²) in [6.07, 6.45) is 1.99. The molecular weight excluding hydrogens is 478 g/mol. The standard InChI is InChI=1S/C25H24F2N2O5S/c26-16-4-1-15-11-22(35-21(15)12-16)24(31)29-10-9-28-23(30)19-8-7-18(13-20(19)27)34-17-5-2-14(3-6-17)25(32)33/h1,4,7-8,11-14,17H,2-3,5-6,9-10H2,(H,28,30)(H,29,31)(H,32,33)/t14-,17+. The van der Waals surface area contributed by atoms with Crippen LogP contribution in [0.2, 0.25) is 0 Å². The molecule has 10 heteroatoms. The van der Waals surface area contributed by atoms with Gasteiger partial charge in [0.1, 0.15) is 17.4 Å². The van der Waals surface area contributed by atoms with E-state index in [0.717, 1.165) is 11.5 Å². The molecule has 0 bridgehead atoms. The maximum absolute atomic E-state index is 14.5. The van der Waals surface area contributed by atoms with Crippen LogP contribution in [0, 0.1) is 17.6 Å². The lowest BCUT2D eigenvalue weighted by Crippen LogP contribution is -2.34. The molecule has 2 amide bonds. The number of fused-ring (bicyclic) bond motifs is 1. The van der Waals surface area contributed by atoms with Gasteiger partial charge in [-0.05, 0) is 61.4 Å². The first-order valence-electron chi connectivity index (χ1n) is 11.2. The number of thiophene rings is 1. The third-order valence-electron chi connectivity index (χ3n) is 5.91. The van der Waals surface area contributed by atoms with Crippen molar-refractivity contribution in [2.45, 2.75) is 31.8 Å². The summed E-state index contributed by atoms with van der Waals surface area (Å²) in [5, 5.41) is 15.1. The van der Waals surface area contributed by atoms with Crippen molar-refractivity contribution in [3.8, 4) is 5.75 Å². The summed E-state index contributed by atoms with van der Waals surface area (Å²) in [6, 6.07) is 9.95. The smallest absolute Gasteiger partial charge is 0.306 e. The Kier molecular flexibility index (Phi) is 7.60. The fraction of sp³-hybridized carbons (Fsp3) is 0.320. The molecule has 35 heavy (non-hydrogen) atoms. The highest BCUT2D eigenvalue weighted by atomic mass is 32.1. The lowest BCUT2D eigenvalue weighted by atomic mass is 9.87. The van der Waals surface area contributed by atoms with Crippen LogP contribution in [0.15, 0.2) is 42.5 Å². The first-order valence-corrected chi connectivity index (χ1v) is 12.1. The molecular formula is C25H24F2N2O5S. The minimum Gasteiger partial charge on any atom is -0.490 e. The van der Waals surface area contributed by atoms with Gasteiger partial charge in [-0.25, -0.2) is 8.78 Å². The van der Waals surface area contributed by atoms with E-state index in [0.29, 0.717) is 35.3 Å². The average molecular weight is 503 g/mol. The number of amides is 2. The van der Waals surface area contributed by atoms with Gasteiger partial charge in [0.25, 0.3) is 11.8 Å². The predicted molar refractivity (Wildman–Crippen MR) is 127 cm³/mol. The molecule has 0 saturated heterocycles. The Labute approximate surface area is 204 Å². The van der Waals surface area contributed by atoms with E-state index in [-0.39, 0.29) is 48.1 Å². The molecule has 3 aromatic rings. The molecule has 0 radical (unpaired) electrons. The van der Waals surface area contributed by atoms with E-state index in [9.17, 15) is 23.2 Å². The van der Waals surface area contributed by atoms with E-state index < -0.39 is 17.7 Å². The average Bonchev–Trinajstić information content (AvgIpc) is 3.25. The van der Waals surface area contributed by atoms with Crippen molar-refractivity contribution in [3.63, 3.8) is 0 Å². The summed E-state index contributed by atoms with van der Waals surface area (Å²) in [5.74, 6) is -2.95. The van der Waals surface area contributed by atoms with E-state index in [4.69, 9.17) is 9.84 Å². The lowest BCUT2D eigenvalue weighted by molar-refractivity contribution is -0.143. The van der Waals surface area contributed by atoms with Crippen LogP contribution in [0.3, 0.4) is 0 Å². The van der Waals surface area contributed by atoms with Crippen molar-refractivity contribution >= 4 is 39.2 Å². The first-order chi connectivity index (χ1) is 16.8. The van der Waals surface area contributed by atoms with E-state index in [1.54, 1.807) is 12.1 Å². The van der Waals surface area contributed by atoms with Crippen LogP contribution >= 0.6 is 11.3 Å². The predicted octanol–water partition coefficient (Wildman–Crippen LogP) is 4.36. The van der Waals surface area contributed by atoms with Gasteiger partial charge < -0.3 is 20.5 Å². The Hall–Kier alpha value is -3.53. The van der Waals surface area contributed by atoms with Crippen LogP contribution in [0.4, 0.5) is 8.78 Å². The summed E-state index contributed by atoms with van der Waals surface area (Å²) in [5.41, 5.74) is -0.148. The van der Waals surface area contributed by atoms with Crippen molar-refractivity contribution in [3.05, 3.63) is 64.5 Å². The zero-order valence-corrected chi connectivity index (χ0v) is 19.5. The number of carboxylic acid groups (broad SMARTS) is 1. The number of carbonyl (C=O) groups excluding carboxylic acids is 2. The van der Waals surface area contributed by atoms with Crippen LogP contribution in [-0.4, -0.2) is 42.1 Å². The molecule has 2 aromatic carbocycles. The van der Waals surface area contributed by atoms with Gasteiger partial charge in [0.05, 0.1) is 22.5 Å². The van der Waals surface area contributed by atoms with Crippen LogP contribution in [0.25, 0.3) is 10.1 Å². The Morgan fingerprint density at radius 2 is 1.66 bits per heavy atom. The normalized spacial score (nSPS) is 17.7. The van der Waals surface area contributed by atoms with E-state index >= 15 is 0 Å². The maximum Gasteiger partial charge on any atom is 0.306 e. The number of rotatable bonds is 8. The summed E-state index contributed by atoms with van der Waals surface area (Å²) < 4.78 is 34.2. The SMILES string of the molecule is O=C(NCCNC(=O)c1ccc(O[C@H]2CC[C@@H](C(=O)O)CC2)cc1F)c1cc2ccc(F)cc2s1. The van der Waals surface area contributed by atoms with Gasteiger partial charge in [-0.15, -0.1) is 11.3 Å². The second-order valence-corrected chi connectivity index (χ2v) is 9.46. The van der Waals surface area contributed by atoms with Gasteiger partial charge in [0, 0.05) is 23.9 Å². The van der Waals surface area contributed by atoms with Crippen LogP contribution in [0.1, 0.15) is 45.7 Å². The second-order valence-electron chi connectivity index (χ2n) is 8.38. The van der Waals surface area contributed by atoms with Crippen LogP contribution in [-0.2, 0) is 4.79 Å². The van der Waals surface area contributed by atoms with Crippen molar-refractivity contribution < 1.29 is 33.0 Å². The molecule has 1 aliphatic rings. The zero-order valence-electron chi connectivity index (χ0n) is 18.7. The zero-order chi connectivity index (χ0) is 24.9. The molecule has 1 aromatic heterocycles. The largest absolute Gasteiger partial charge is 0.490 e. The molecule has 7 nitrogen and oxygen atoms in total. The monoisotopic (exact) mass is 502 g/mol. The number of halogens is 2. The third-order valence-corrected chi connectivity index (χ3v) is 7.01. The molecule has 4 rings (SSSR count). The minimum absolute atomic E-state index is 0.0919.